The lowest BCUT2D eigenvalue weighted by Gasteiger charge is -2.24. The first-order valence-electron chi connectivity index (χ1n) is 6.94. The van der Waals surface area contributed by atoms with Gasteiger partial charge in [0.1, 0.15) is 6.33 Å². The number of methoxy groups -OCH3 is 1. The molecule has 0 spiro atoms. The molecule has 1 atom stereocenters. The zero-order chi connectivity index (χ0) is 12.8. The average Bonchev–Trinajstić information content (AvgIpc) is 2.93. The topological polar surface area (TPSA) is 47.0 Å². The van der Waals surface area contributed by atoms with Crippen LogP contribution in [0, 0.1) is 5.92 Å². The van der Waals surface area contributed by atoms with E-state index in [1.54, 1.807) is 13.4 Å². The smallest absolute Gasteiger partial charge is 0.216 e. The van der Waals surface area contributed by atoms with Crippen molar-refractivity contribution in [1.29, 1.82) is 0 Å². The number of hydrogen-bond acceptors (Lipinski definition) is 4. The van der Waals surface area contributed by atoms with E-state index in [0.717, 1.165) is 18.7 Å². The lowest BCUT2D eigenvalue weighted by molar-refractivity contribution is 0.354. The van der Waals surface area contributed by atoms with Crippen molar-refractivity contribution in [1.82, 2.24) is 15.3 Å². The minimum Gasteiger partial charge on any atom is -0.481 e. The summed E-state index contributed by atoms with van der Waals surface area (Å²) in [5.41, 5.74) is 1.07. The van der Waals surface area contributed by atoms with Gasteiger partial charge in [-0.2, -0.15) is 0 Å². The third-order valence-corrected chi connectivity index (χ3v) is 3.68. The molecule has 1 aromatic rings. The maximum absolute atomic E-state index is 5.19. The minimum absolute atomic E-state index is 0.351. The lowest BCUT2D eigenvalue weighted by atomic mass is 9.95. The predicted molar refractivity (Wildman–Crippen MR) is 71.6 cm³/mol. The van der Waals surface area contributed by atoms with Gasteiger partial charge in [0.15, 0.2) is 0 Å². The summed E-state index contributed by atoms with van der Waals surface area (Å²) in [6, 6.07) is 2.32. The average molecular weight is 249 g/mol. The fourth-order valence-corrected chi connectivity index (χ4v) is 2.74. The molecular formula is C14H23N3O. The van der Waals surface area contributed by atoms with Crippen molar-refractivity contribution in [2.45, 2.75) is 45.1 Å². The van der Waals surface area contributed by atoms with Gasteiger partial charge in [-0.3, -0.25) is 0 Å². The normalized spacial score (nSPS) is 17.9. The monoisotopic (exact) mass is 249 g/mol. The van der Waals surface area contributed by atoms with Gasteiger partial charge in [-0.05, 0) is 31.7 Å². The summed E-state index contributed by atoms with van der Waals surface area (Å²) in [5, 5.41) is 3.63. The van der Waals surface area contributed by atoms with Gasteiger partial charge < -0.3 is 10.1 Å². The SMILES string of the molecule is CCCNC(c1cc(OC)ncn1)C1CCCC1. The van der Waals surface area contributed by atoms with Crippen molar-refractivity contribution in [3.63, 3.8) is 0 Å². The fourth-order valence-electron chi connectivity index (χ4n) is 2.74. The van der Waals surface area contributed by atoms with Gasteiger partial charge in [0.2, 0.25) is 5.88 Å². The second kappa shape index (κ2) is 6.69. The van der Waals surface area contributed by atoms with Gasteiger partial charge >= 0.3 is 0 Å². The second-order valence-electron chi connectivity index (χ2n) is 4.96. The molecule has 0 amide bonds. The van der Waals surface area contributed by atoms with Crippen LogP contribution in [-0.4, -0.2) is 23.6 Å². The Morgan fingerprint density at radius 3 is 2.83 bits per heavy atom. The van der Waals surface area contributed by atoms with Gasteiger partial charge in [0.05, 0.1) is 18.8 Å². The number of ether oxygens (including phenoxy) is 1. The Hall–Kier alpha value is -1.16. The highest BCUT2D eigenvalue weighted by Gasteiger charge is 2.27. The summed E-state index contributed by atoms with van der Waals surface area (Å²) in [6.07, 6.45) is 8.03. The molecular weight excluding hydrogens is 226 g/mol. The van der Waals surface area contributed by atoms with Crippen LogP contribution in [0.25, 0.3) is 0 Å². The number of nitrogens with zero attached hydrogens (tertiary/aromatic N) is 2. The summed E-state index contributed by atoms with van der Waals surface area (Å²) in [6.45, 7) is 3.23. The molecule has 1 aliphatic carbocycles. The predicted octanol–water partition coefficient (Wildman–Crippen LogP) is 2.72. The standard InChI is InChI=1S/C14H23N3O/c1-3-8-15-14(11-6-4-5-7-11)12-9-13(18-2)17-10-16-12/h9-11,14-15H,3-8H2,1-2H3. The van der Waals surface area contributed by atoms with Gasteiger partial charge in [-0.15, -0.1) is 0 Å². The summed E-state index contributed by atoms with van der Waals surface area (Å²) < 4.78 is 5.19. The van der Waals surface area contributed by atoms with Crippen LogP contribution >= 0.6 is 0 Å². The zero-order valence-electron chi connectivity index (χ0n) is 11.4. The molecule has 4 nitrogen and oxygen atoms in total. The van der Waals surface area contributed by atoms with E-state index in [-0.39, 0.29) is 0 Å². The molecule has 18 heavy (non-hydrogen) atoms. The molecule has 1 saturated carbocycles. The Bertz CT molecular complexity index is 364. The Kier molecular flexibility index (Phi) is 4.93. The minimum atomic E-state index is 0.351. The number of aromatic nitrogens is 2. The lowest BCUT2D eigenvalue weighted by Crippen LogP contribution is -2.28. The Labute approximate surface area is 109 Å². The van der Waals surface area contributed by atoms with Gasteiger partial charge in [-0.25, -0.2) is 9.97 Å². The molecule has 1 N–H and O–H groups in total. The van der Waals surface area contributed by atoms with Crippen molar-refractivity contribution in [2.24, 2.45) is 5.92 Å². The van der Waals surface area contributed by atoms with Crippen molar-refractivity contribution in [2.75, 3.05) is 13.7 Å². The molecule has 100 valence electrons. The molecule has 1 heterocycles. The van der Waals surface area contributed by atoms with E-state index < -0.39 is 0 Å². The molecule has 1 fully saturated rings. The Morgan fingerprint density at radius 2 is 2.17 bits per heavy atom. The summed E-state index contributed by atoms with van der Waals surface area (Å²) in [7, 11) is 1.65. The first-order chi connectivity index (χ1) is 8.85. The van der Waals surface area contributed by atoms with E-state index in [0.29, 0.717) is 17.8 Å². The van der Waals surface area contributed by atoms with E-state index in [1.165, 1.54) is 25.7 Å². The third-order valence-electron chi connectivity index (χ3n) is 3.68. The second-order valence-corrected chi connectivity index (χ2v) is 4.96. The van der Waals surface area contributed by atoms with Crippen LogP contribution in [0.15, 0.2) is 12.4 Å². The van der Waals surface area contributed by atoms with E-state index in [4.69, 9.17) is 4.74 Å². The molecule has 1 unspecified atom stereocenters. The van der Waals surface area contributed by atoms with Crippen molar-refractivity contribution < 1.29 is 4.74 Å². The van der Waals surface area contributed by atoms with Gasteiger partial charge in [0, 0.05) is 6.07 Å². The molecule has 1 aromatic heterocycles. The fraction of sp³-hybridized carbons (Fsp3) is 0.714. The third kappa shape index (κ3) is 3.19. The molecule has 0 saturated heterocycles. The Balaban J connectivity index is 2.14. The Morgan fingerprint density at radius 1 is 1.39 bits per heavy atom. The van der Waals surface area contributed by atoms with Crippen LogP contribution in [0.2, 0.25) is 0 Å². The molecule has 0 aliphatic heterocycles. The maximum atomic E-state index is 5.19. The summed E-state index contributed by atoms with van der Waals surface area (Å²) in [5.74, 6) is 1.36. The van der Waals surface area contributed by atoms with Crippen LogP contribution in [0.4, 0.5) is 0 Å². The zero-order valence-corrected chi connectivity index (χ0v) is 11.4. The van der Waals surface area contributed by atoms with E-state index in [1.807, 2.05) is 6.07 Å². The van der Waals surface area contributed by atoms with Crippen LogP contribution < -0.4 is 10.1 Å². The first-order valence-corrected chi connectivity index (χ1v) is 6.94. The molecule has 2 rings (SSSR count). The van der Waals surface area contributed by atoms with E-state index in [2.05, 4.69) is 22.2 Å². The molecule has 1 aliphatic rings. The highest BCUT2D eigenvalue weighted by Crippen LogP contribution is 2.35. The number of hydrogen-bond donors (Lipinski definition) is 1. The highest BCUT2D eigenvalue weighted by atomic mass is 16.5. The van der Waals surface area contributed by atoms with Gasteiger partial charge in [-0.1, -0.05) is 19.8 Å². The molecule has 0 bridgehead atoms. The van der Waals surface area contributed by atoms with Crippen molar-refractivity contribution in [3.05, 3.63) is 18.1 Å². The number of nitrogens with one attached hydrogen (secondary N) is 1. The van der Waals surface area contributed by atoms with Crippen LogP contribution in [0.5, 0.6) is 5.88 Å². The van der Waals surface area contributed by atoms with Gasteiger partial charge in [0.25, 0.3) is 0 Å². The maximum Gasteiger partial charge on any atom is 0.216 e. The highest BCUT2D eigenvalue weighted by molar-refractivity contribution is 5.17. The van der Waals surface area contributed by atoms with Crippen molar-refractivity contribution in [3.8, 4) is 5.88 Å². The largest absolute Gasteiger partial charge is 0.481 e. The first kappa shape index (κ1) is 13.3. The molecule has 0 aromatic carbocycles. The van der Waals surface area contributed by atoms with Crippen LogP contribution in [0.3, 0.4) is 0 Å². The van der Waals surface area contributed by atoms with E-state index >= 15 is 0 Å². The molecule has 4 heteroatoms. The summed E-state index contributed by atoms with van der Waals surface area (Å²) in [4.78, 5) is 8.52. The van der Waals surface area contributed by atoms with E-state index in [9.17, 15) is 0 Å². The van der Waals surface area contributed by atoms with Crippen LogP contribution in [0.1, 0.15) is 50.8 Å². The quantitative estimate of drug-likeness (QED) is 0.842. The number of rotatable bonds is 6. The van der Waals surface area contributed by atoms with Crippen molar-refractivity contribution >= 4 is 0 Å². The summed E-state index contributed by atoms with van der Waals surface area (Å²) >= 11 is 0. The molecule has 0 radical (unpaired) electrons. The van der Waals surface area contributed by atoms with Crippen LogP contribution in [-0.2, 0) is 0 Å².